The largest absolute Gasteiger partial charge is 0.378 e. The summed E-state index contributed by atoms with van der Waals surface area (Å²) in [7, 11) is 0. The summed E-state index contributed by atoms with van der Waals surface area (Å²) < 4.78 is 18.0. The number of aliphatic hydroxyl groups is 1. The normalized spacial score (nSPS) is 21.1. The minimum Gasteiger partial charge on any atom is -0.378 e. The number of rotatable bonds is 11. The van der Waals surface area contributed by atoms with Crippen LogP contribution >= 0.6 is 11.3 Å². The Bertz CT molecular complexity index is 2530. The Hall–Kier alpha value is -5.97. The Labute approximate surface area is 374 Å². The summed E-state index contributed by atoms with van der Waals surface area (Å²) in [6.45, 7) is 4.31. The van der Waals surface area contributed by atoms with Crippen LogP contribution in [-0.2, 0) is 33.9 Å². The number of likely N-dealkylation sites (tertiary alicyclic amines) is 2. The number of piperidine rings is 3. The molecule has 3 fully saturated rings. The maximum Gasteiger partial charge on any atom is 0.255 e. The van der Waals surface area contributed by atoms with Gasteiger partial charge in [0.05, 0.1) is 31.2 Å². The maximum absolute atomic E-state index is 16.0. The van der Waals surface area contributed by atoms with E-state index in [1.54, 1.807) is 24.0 Å². The Morgan fingerprint density at radius 3 is 2.30 bits per heavy atom. The number of carbonyl (C=O) groups excluding carboxylic acids is 4. The van der Waals surface area contributed by atoms with E-state index in [4.69, 9.17) is 0 Å². The molecule has 2 aromatic heterocycles. The van der Waals surface area contributed by atoms with Gasteiger partial charge >= 0.3 is 0 Å². The van der Waals surface area contributed by atoms with Crippen LogP contribution in [0, 0.1) is 5.82 Å². The molecule has 10 rings (SSSR count). The van der Waals surface area contributed by atoms with Crippen LogP contribution in [-0.4, -0.2) is 103 Å². The molecule has 0 aliphatic carbocycles. The van der Waals surface area contributed by atoms with E-state index in [1.807, 2.05) is 33.7 Å². The molecule has 4 amide bonds. The second-order valence-electron chi connectivity index (χ2n) is 17.8. The number of aliphatic hydroxyl groups excluding tert-OH is 1. The van der Waals surface area contributed by atoms with Crippen molar-refractivity contribution in [1.82, 2.24) is 34.6 Å². The minimum absolute atomic E-state index is 0.0441. The lowest BCUT2D eigenvalue weighted by Crippen LogP contribution is -2.51. The van der Waals surface area contributed by atoms with Crippen LogP contribution in [0.3, 0.4) is 0 Å². The number of anilines is 2. The van der Waals surface area contributed by atoms with Gasteiger partial charge in [0.15, 0.2) is 11.2 Å². The van der Waals surface area contributed by atoms with Gasteiger partial charge < -0.3 is 30.1 Å². The van der Waals surface area contributed by atoms with Crippen LogP contribution in [0.2, 0.25) is 0 Å². The third-order valence-corrected chi connectivity index (χ3v) is 14.6. The molecule has 0 spiro atoms. The number of halogens is 1. The van der Waals surface area contributed by atoms with Crippen molar-refractivity contribution in [2.24, 2.45) is 0 Å². The first-order chi connectivity index (χ1) is 31.1. The van der Waals surface area contributed by atoms with Gasteiger partial charge in [-0.05, 0) is 116 Å². The second-order valence-corrected chi connectivity index (χ2v) is 18.7. The zero-order chi connectivity index (χ0) is 43.9. The Morgan fingerprint density at radius 2 is 1.59 bits per heavy atom. The van der Waals surface area contributed by atoms with Gasteiger partial charge in [0.1, 0.15) is 12.0 Å². The summed E-state index contributed by atoms with van der Waals surface area (Å²) in [5.41, 5.74) is 6.72. The molecule has 3 atom stereocenters. The van der Waals surface area contributed by atoms with Crippen LogP contribution in [0.4, 0.5) is 15.2 Å². The lowest BCUT2D eigenvalue weighted by atomic mass is 9.88. The fourth-order valence-electron chi connectivity index (χ4n) is 10.3. The average molecular weight is 886 g/mol. The lowest BCUT2D eigenvalue weighted by molar-refractivity contribution is -0.133. The second kappa shape index (κ2) is 17.9. The van der Waals surface area contributed by atoms with Gasteiger partial charge in [0.25, 0.3) is 11.8 Å². The molecule has 5 aromatic rings. The van der Waals surface area contributed by atoms with E-state index in [0.29, 0.717) is 47.6 Å². The molecule has 5 aliphatic rings. The van der Waals surface area contributed by atoms with Gasteiger partial charge in [-0.15, -0.1) is 11.3 Å². The van der Waals surface area contributed by atoms with Gasteiger partial charge in [-0.1, -0.05) is 36.4 Å². The molecule has 5 aliphatic heterocycles. The molecule has 14 nitrogen and oxygen atoms in total. The molecule has 3 aromatic carbocycles. The third kappa shape index (κ3) is 8.53. The van der Waals surface area contributed by atoms with E-state index in [0.717, 1.165) is 88.2 Å². The van der Waals surface area contributed by atoms with E-state index in [2.05, 4.69) is 55.1 Å². The van der Waals surface area contributed by atoms with Crippen molar-refractivity contribution in [1.29, 1.82) is 0 Å². The van der Waals surface area contributed by atoms with Crippen LogP contribution in [0.25, 0.3) is 11.1 Å². The van der Waals surface area contributed by atoms with E-state index in [-0.39, 0.29) is 35.5 Å². The molecular weight excluding hydrogens is 834 g/mol. The Kier molecular flexibility index (Phi) is 11.7. The molecule has 3 saturated heterocycles. The van der Waals surface area contributed by atoms with Crippen molar-refractivity contribution in [3.63, 3.8) is 0 Å². The molecule has 0 bridgehead atoms. The van der Waals surface area contributed by atoms with Gasteiger partial charge in [-0.2, -0.15) is 0 Å². The molecule has 16 heteroatoms. The fraction of sp³-hybridized carbons (Fsp3) is 0.417. The number of hydrogen-bond acceptors (Lipinski definition) is 10. The van der Waals surface area contributed by atoms with Crippen LogP contribution < -0.4 is 16.0 Å². The highest BCUT2D eigenvalue weighted by molar-refractivity contribution is 7.13. The molecule has 0 saturated carbocycles. The predicted molar refractivity (Wildman–Crippen MR) is 240 cm³/mol. The van der Waals surface area contributed by atoms with Crippen molar-refractivity contribution in [2.75, 3.05) is 43.4 Å². The SMILES string of the molecule is O=C1CCC(Nc2ccc(C3CCN(C(=O)CN4CCC(c5ccc(-c6cc(F)c7c(c6)C(=O)N(C(C(=O)Nc6nccs6)c6ncn8c6CCC8)C7)cc5)CC4)CC3)cc2)C(O)N1. The number of benzene rings is 3. The van der Waals surface area contributed by atoms with E-state index in [1.165, 1.54) is 33.4 Å². The number of amides is 4. The number of hydrogen-bond donors (Lipinski definition) is 4. The number of nitrogens with zero attached hydrogens (tertiary/aromatic N) is 6. The van der Waals surface area contributed by atoms with Gasteiger partial charge in [0.2, 0.25) is 11.8 Å². The lowest BCUT2D eigenvalue weighted by Gasteiger charge is -2.36. The Balaban J connectivity index is 0.720. The minimum atomic E-state index is -1.04. The topological polar surface area (TPSA) is 165 Å². The van der Waals surface area contributed by atoms with Crippen LogP contribution in [0.1, 0.15) is 101 Å². The third-order valence-electron chi connectivity index (χ3n) is 13.9. The smallest absolute Gasteiger partial charge is 0.255 e. The van der Waals surface area contributed by atoms with Crippen LogP contribution in [0.15, 0.2) is 78.6 Å². The number of carbonyl (C=O) groups is 4. The Morgan fingerprint density at radius 1 is 0.875 bits per heavy atom. The summed E-state index contributed by atoms with van der Waals surface area (Å²) in [5, 5.41) is 21.1. The van der Waals surface area contributed by atoms with Crippen LogP contribution in [0.5, 0.6) is 0 Å². The quantitative estimate of drug-likeness (QED) is 0.124. The van der Waals surface area contributed by atoms with Crippen molar-refractivity contribution in [2.45, 2.75) is 94.6 Å². The summed E-state index contributed by atoms with van der Waals surface area (Å²) >= 11 is 1.28. The predicted octanol–water partition coefficient (Wildman–Crippen LogP) is 6.02. The summed E-state index contributed by atoms with van der Waals surface area (Å²) in [6.07, 6.45) is 8.76. The van der Waals surface area contributed by atoms with Gasteiger partial charge in [-0.25, -0.2) is 14.4 Å². The van der Waals surface area contributed by atoms with E-state index in [9.17, 15) is 24.3 Å². The van der Waals surface area contributed by atoms with Gasteiger partial charge in [0, 0.05) is 60.1 Å². The molecule has 0 radical (unpaired) electrons. The molecule has 4 N–H and O–H groups in total. The zero-order valence-electron chi connectivity index (χ0n) is 35.5. The number of nitrogens with one attached hydrogen (secondary N) is 3. The maximum atomic E-state index is 16.0. The monoisotopic (exact) mass is 885 g/mol. The number of aromatic nitrogens is 3. The average Bonchev–Trinajstić information content (AvgIpc) is 4.14. The molecule has 7 heterocycles. The first kappa shape index (κ1) is 42.0. The van der Waals surface area contributed by atoms with Crippen molar-refractivity contribution in [3.05, 3.63) is 118 Å². The first-order valence-electron chi connectivity index (χ1n) is 22.5. The van der Waals surface area contributed by atoms with E-state index < -0.39 is 29.9 Å². The highest BCUT2D eigenvalue weighted by Crippen LogP contribution is 2.39. The van der Waals surface area contributed by atoms with Crippen molar-refractivity contribution in [3.8, 4) is 11.1 Å². The number of aryl methyl sites for hydroxylation is 1. The summed E-state index contributed by atoms with van der Waals surface area (Å²) in [6, 6.07) is 18.4. The number of fused-ring (bicyclic) bond motifs is 2. The van der Waals surface area contributed by atoms with E-state index >= 15 is 4.39 Å². The number of imidazole rings is 1. The molecular formula is C48H52FN9O5S. The number of thiazole rings is 1. The fourth-order valence-corrected chi connectivity index (χ4v) is 10.8. The highest BCUT2D eigenvalue weighted by Gasteiger charge is 2.42. The molecule has 3 unspecified atom stereocenters. The zero-order valence-corrected chi connectivity index (χ0v) is 36.4. The first-order valence-corrected chi connectivity index (χ1v) is 23.3. The van der Waals surface area contributed by atoms with Crippen molar-refractivity contribution >= 4 is 45.8 Å². The molecule has 64 heavy (non-hydrogen) atoms. The van der Waals surface area contributed by atoms with Gasteiger partial charge in [-0.3, -0.25) is 29.4 Å². The summed E-state index contributed by atoms with van der Waals surface area (Å²) in [4.78, 5) is 67.4. The summed E-state index contributed by atoms with van der Waals surface area (Å²) in [5.74, 6) is -0.542. The highest BCUT2D eigenvalue weighted by atomic mass is 32.1. The molecule has 332 valence electrons. The standard InChI is InChI=1S/C48H52FN9O5S/c49-38-25-34(24-36-37(38)26-58(47(36)63)44(46(62)54-48-50-17-23-64-48)43-40-2-1-18-57(40)28-51-43)31-5-3-29(4-6-31)32-13-19-55(20-14-32)27-42(60)56-21-15-33(16-22-56)30-7-9-35(10-8-30)52-39-11-12-41(59)53-45(39)61/h3-10,17,23-25,28,32-33,39,44-45,52,61H,1-2,11-16,18-22,26-27H2,(H,53,59)(H,50,54,62). The van der Waals surface area contributed by atoms with Crippen molar-refractivity contribution < 1.29 is 28.7 Å².